The number of hydrogen-bond donors (Lipinski definition) is 1. The average molecular weight is 318 g/mol. The molecule has 0 saturated heterocycles. The van der Waals surface area contributed by atoms with Crippen molar-refractivity contribution in [3.63, 3.8) is 0 Å². The summed E-state index contributed by atoms with van der Waals surface area (Å²) in [5.74, 6) is -0.731. The quantitative estimate of drug-likeness (QED) is 0.602. The molecule has 0 radical (unpaired) electrons. The van der Waals surface area contributed by atoms with Crippen molar-refractivity contribution in [2.24, 2.45) is 0 Å². The molecular weight excluding hydrogens is 298 g/mol. The van der Waals surface area contributed by atoms with Crippen molar-refractivity contribution >= 4 is 5.78 Å². The Bertz CT molecular complexity index is 680. The molecule has 122 valence electrons. The van der Waals surface area contributed by atoms with Gasteiger partial charge in [-0.3, -0.25) is 0 Å². The highest BCUT2D eigenvalue weighted by molar-refractivity contribution is 5.75. The molecule has 1 N–H and O–H groups in total. The minimum Gasteiger partial charge on any atom is -0.505 e. The summed E-state index contributed by atoms with van der Waals surface area (Å²) in [6.07, 6.45) is 11.5. The maximum atomic E-state index is 13.9. The third kappa shape index (κ3) is 5.37. The van der Waals surface area contributed by atoms with Gasteiger partial charge in [-0.05, 0) is 55.0 Å². The third-order valence-electron chi connectivity index (χ3n) is 3.43. The summed E-state index contributed by atoms with van der Waals surface area (Å²) in [6, 6.07) is 1.40. The van der Waals surface area contributed by atoms with Crippen molar-refractivity contribution in [1.82, 2.24) is 0 Å². The van der Waals surface area contributed by atoms with Crippen LogP contribution in [0.1, 0.15) is 37.8 Å². The number of terminal acetylenes is 1. The van der Waals surface area contributed by atoms with Gasteiger partial charge in [-0.1, -0.05) is 25.0 Å². The van der Waals surface area contributed by atoms with E-state index in [1.54, 1.807) is 18.2 Å². The van der Waals surface area contributed by atoms with E-state index in [2.05, 4.69) is 5.92 Å². The lowest BCUT2D eigenvalue weighted by atomic mass is 10.0. The van der Waals surface area contributed by atoms with E-state index in [9.17, 15) is 18.7 Å². The van der Waals surface area contributed by atoms with E-state index in [1.807, 2.05) is 6.92 Å². The zero-order valence-corrected chi connectivity index (χ0v) is 13.3. The van der Waals surface area contributed by atoms with Gasteiger partial charge in [-0.15, -0.1) is 6.42 Å². The Morgan fingerprint density at radius 3 is 2.61 bits per heavy atom. The van der Waals surface area contributed by atoms with Crippen LogP contribution in [0.15, 0.2) is 29.9 Å². The van der Waals surface area contributed by atoms with Crippen molar-refractivity contribution in [2.75, 3.05) is 0 Å². The smallest absolute Gasteiger partial charge is 0.200 e. The minimum absolute atomic E-state index is 0.0809. The first kappa shape index (κ1) is 18.6. The van der Waals surface area contributed by atoms with Gasteiger partial charge in [0, 0.05) is 6.42 Å². The van der Waals surface area contributed by atoms with E-state index in [-0.39, 0.29) is 36.2 Å². The number of hydrogen-bond acceptors (Lipinski definition) is 2. The number of halogens is 2. The normalized spacial score (nSPS) is 11.7. The number of carbonyl (C=O) groups is 1. The molecule has 0 heterocycles. The third-order valence-corrected chi connectivity index (χ3v) is 3.43. The predicted octanol–water partition coefficient (Wildman–Crippen LogP) is 4.26. The second-order valence-electron chi connectivity index (χ2n) is 5.22. The number of ketones is 1. The number of aryl methyl sites for hydroxylation is 1. The summed E-state index contributed by atoms with van der Waals surface area (Å²) in [4.78, 5) is 11.0. The lowest BCUT2D eigenvalue weighted by molar-refractivity contribution is -0.116. The van der Waals surface area contributed by atoms with Gasteiger partial charge < -0.3 is 9.90 Å². The highest BCUT2D eigenvalue weighted by Crippen LogP contribution is 2.28. The van der Waals surface area contributed by atoms with Gasteiger partial charge in [0.1, 0.15) is 5.78 Å². The Morgan fingerprint density at radius 1 is 1.35 bits per heavy atom. The van der Waals surface area contributed by atoms with Gasteiger partial charge in [-0.2, -0.15) is 4.39 Å². The van der Waals surface area contributed by atoms with Crippen LogP contribution >= 0.6 is 0 Å². The van der Waals surface area contributed by atoms with E-state index >= 15 is 0 Å². The largest absolute Gasteiger partial charge is 0.505 e. The predicted molar refractivity (Wildman–Crippen MR) is 87.1 cm³/mol. The number of benzene rings is 1. The highest BCUT2D eigenvalue weighted by Gasteiger charge is 2.17. The van der Waals surface area contributed by atoms with Crippen molar-refractivity contribution in [3.8, 4) is 18.1 Å². The van der Waals surface area contributed by atoms with E-state index in [0.29, 0.717) is 0 Å². The molecule has 0 aromatic heterocycles. The van der Waals surface area contributed by atoms with Crippen LogP contribution in [0.4, 0.5) is 8.78 Å². The van der Waals surface area contributed by atoms with Crippen LogP contribution in [0, 0.1) is 24.0 Å². The van der Waals surface area contributed by atoms with E-state index in [4.69, 9.17) is 6.42 Å². The lowest BCUT2D eigenvalue weighted by Crippen LogP contribution is -2.01. The van der Waals surface area contributed by atoms with Crippen LogP contribution in [0.5, 0.6) is 5.75 Å². The molecular formula is C19H20F2O2. The Labute approximate surface area is 135 Å². The van der Waals surface area contributed by atoms with Crippen LogP contribution in [0.3, 0.4) is 0 Å². The molecule has 0 spiro atoms. The van der Waals surface area contributed by atoms with Crippen molar-refractivity contribution in [1.29, 1.82) is 0 Å². The molecule has 0 unspecified atom stereocenters. The molecule has 0 saturated carbocycles. The summed E-state index contributed by atoms with van der Waals surface area (Å²) in [7, 11) is 0. The Balaban J connectivity index is 3.02. The van der Waals surface area contributed by atoms with Crippen LogP contribution in [0.2, 0.25) is 0 Å². The Hall–Kier alpha value is -2.41. The van der Waals surface area contributed by atoms with Gasteiger partial charge >= 0.3 is 0 Å². The highest BCUT2D eigenvalue weighted by atomic mass is 19.2. The summed E-state index contributed by atoms with van der Waals surface area (Å²) >= 11 is 0. The van der Waals surface area contributed by atoms with Crippen LogP contribution < -0.4 is 0 Å². The van der Waals surface area contributed by atoms with Crippen LogP contribution in [0.25, 0.3) is 0 Å². The molecule has 1 aromatic carbocycles. The van der Waals surface area contributed by atoms with Crippen molar-refractivity contribution in [3.05, 3.63) is 52.6 Å². The molecule has 4 heteroatoms. The molecule has 1 rings (SSSR count). The maximum absolute atomic E-state index is 13.9. The maximum Gasteiger partial charge on any atom is 0.200 e. The van der Waals surface area contributed by atoms with Crippen LogP contribution in [-0.4, -0.2) is 10.9 Å². The van der Waals surface area contributed by atoms with E-state index in [0.717, 1.165) is 12.0 Å². The van der Waals surface area contributed by atoms with E-state index in [1.165, 1.54) is 13.0 Å². The topological polar surface area (TPSA) is 37.3 Å². The van der Waals surface area contributed by atoms with E-state index < -0.39 is 17.4 Å². The molecule has 0 aliphatic carbocycles. The van der Waals surface area contributed by atoms with Gasteiger partial charge in [0.15, 0.2) is 11.6 Å². The van der Waals surface area contributed by atoms with Gasteiger partial charge in [0.05, 0.1) is 0 Å². The molecule has 0 amide bonds. The zero-order valence-electron chi connectivity index (χ0n) is 13.3. The number of Topliss-reactive ketones (excluding diaryl/α,β-unsaturated/α-hetero) is 1. The van der Waals surface area contributed by atoms with Gasteiger partial charge in [0.2, 0.25) is 5.82 Å². The lowest BCUT2D eigenvalue weighted by Gasteiger charge is -2.09. The SMILES string of the molecule is C#C/C=C(\C=C/Cc1cc(CCC(C)=O)c(O)c(F)c1F)CC. The molecule has 0 aliphatic heterocycles. The average Bonchev–Trinajstić information content (AvgIpc) is 2.52. The van der Waals surface area contributed by atoms with Gasteiger partial charge in [-0.25, -0.2) is 4.39 Å². The number of allylic oxidation sites excluding steroid dienone is 4. The summed E-state index contributed by atoms with van der Waals surface area (Å²) in [5.41, 5.74) is 1.27. The summed E-state index contributed by atoms with van der Waals surface area (Å²) in [5, 5.41) is 9.66. The van der Waals surface area contributed by atoms with Crippen LogP contribution in [-0.2, 0) is 17.6 Å². The number of aromatic hydroxyl groups is 1. The summed E-state index contributed by atoms with van der Waals surface area (Å²) < 4.78 is 27.7. The Kier molecular flexibility index (Phi) is 7.21. The first-order valence-corrected chi connectivity index (χ1v) is 7.40. The van der Waals surface area contributed by atoms with Crippen molar-refractivity contribution in [2.45, 2.75) is 39.5 Å². The first-order chi connectivity index (χ1) is 10.9. The molecule has 23 heavy (non-hydrogen) atoms. The first-order valence-electron chi connectivity index (χ1n) is 7.40. The Morgan fingerprint density at radius 2 is 2.04 bits per heavy atom. The number of phenolic OH excluding ortho intramolecular Hbond substituents is 1. The standard InChI is InChI=1S/C19H20F2O2/c1-4-7-14(5-2)8-6-9-15-12-16(11-10-13(3)22)19(23)18(21)17(15)20/h1,6-8,12,23H,5,9-11H2,2-3H3/b8-6-,14-7-. The monoisotopic (exact) mass is 318 g/mol. The number of rotatable bonds is 7. The second-order valence-corrected chi connectivity index (χ2v) is 5.22. The molecule has 0 aliphatic rings. The minimum atomic E-state index is -1.27. The zero-order chi connectivity index (χ0) is 17.4. The fraction of sp³-hybridized carbons (Fsp3) is 0.316. The van der Waals surface area contributed by atoms with Gasteiger partial charge in [0.25, 0.3) is 0 Å². The summed E-state index contributed by atoms with van der Waals surface area (Å²) in [6.45, 7) is 3.35. The fourth-order valence-electron chi connectivity index (χ4n) is 2.09. The van der Waals surface area contributed by atoms with Crippen molar-refractivity contribution < 1.29 is 18.7 Å². The molecule has 0 atom stereocenters. The second kappa shape index (κ2) is 8.89. The molecule has 0 bridgehead atoms. The molecule has 2 nitrogen and oxygen atoms in total. The number of phenols is 1. The molecule has 0 fully saturated rings. The number of carbonyl (C=O) groups excluding carboxylic acids is 1. The molecule has 1 aromatic rings. The fourth-order valence-corrected chi connectivity index (χ4v) is 2.09.